The number of pyridine rings is 1. The number of methoxy groups -OCH3 is 1. The molecule has 1 aromatic rings. The summed E-state index contributed by atoms with van der Waals surface area (Å²) in [4.78, 5) is 19.7. The monoisotopic (exact) mass is 204 g/mol. The van der Waals surface area contributed by atoms with Crippen molar-refractivity contribution in [2.45, 2.75) is 18.9 Å². The van der Waals surface area contributed by atoms with E-state index in [1.54, 1.807) is 6.20 Å². The Morgan fingerprint density at radius 1 is 1.53 bits per heavy atom. The summed E-state index contributed by atoms with van der Waals surface area (Å²) < 4.78 is 4.65. The molecule has 0 saturated carbocycles. The third kappa shape index (κ3) is 2.03. The second-order valence-electron chi connectivity index (χ2n) is 3.37. The molecule has 4 nitrogen and oxygen atoms in total. The molecule has 0 aliphatic carbocycles. The highest BCUT2D eigenvalue weighted by molar-refractivity contribution is 6.02. The van der Waals surface area contributed by atoms with Crippen molar-refractivity contribution < 1.29 is 9.53 Å². The van der Waals surface area contributed by atoms with Crippen molar-refractivity contribution in [3.63, 3.8) is 0 Å². The molecule has 0 fully saturated rings. The van der Waals surface area contributed by atoms with E-state index in [0.717, 1.165) is 24.2 Å². The minimum Gasteiger partial charge on any atom is -0.467 e. The lowest BCUT2D eigenvalue weighted by molar-refractivity contribution is -0.141. The smallest absolute Gasteiger partial charge is 0.330 e. The summed E-state index contributed by atoms with van der Waals surface area (Å²) in [7, 11) is 1.39. The van der Waals surface area contributed by atoms with Gasteiger partial charge in [-0.15, -0.1) is 0 Å². The zero-order valence-electron chi connectivity index (χ0n) is 8.51. The summed E-state index contributed by atoms with van der Waals surface area (Å²) in [6.07, 6.45) is 3.23. The van der Waals surface area contributed by atoms with Gasteiger partial charge in [0.25, 0.3) is 0 Å². The Labute approximate surface area is 88.0 Å². The van der Waals surface area contributed by atoms with Crippen LogP contribution in [0.4, 0.5) is 0 Å². The maximum Gasteiger partial charge on any atom is 0.330 e. The van der Waals surface area contributed by atoms with Gasteiger partial charge in [-0.1, -0.05) is 6.07 Å². The van der Waals surface area contributed by atoms with Crippen molar-refractivity contribution in [2.75, 3.05) is 7.11 Å². The molecule has 1 aliphatic rings. The van der Waals surface area contributed by atoms with Crippen molar-refractivity contribution in [3.8, 4) is 0 Å². The molecular weight excluding hydrogens is 192 g/mol. The van der Waals surface area contributed by atoms with Crippen LogP contribution in [0.3, 0.4) is 0 Å². The van der Waals surface area contributed by atoms with Gasteiger partial charge in [-0.25, -0.2) is 4.79 Å². The number of nitrogens with zero attached hydrogens (tertiary/aromatic N) is 2. The molecule has 4 heteroatoms. The van der Waals surface area contributed by atoms with E-state index in [4.69, 9.17) is 0 Å². The van der Waals surface area contributed by atoms with Gasteiger partial charge in [0.2, 0.25) is 0 Å². The Morgan fingerprint density at radius 2 is 2.40 bits per heavy atom. The highest BCUT2D eigenvalue weighted by atomic mass is 16.5. The summed E-state index contributed by atoms with van der Waals surface area (Å²) in [6.45, 7) is 0. The van der Waals surface area contributed by atoms with Crippen molar-refractivity contribution in [1.29, 1.82) is 0 Å². The molecule has 2 heterocycles. The van der Waals surface area contributed by atoms with Crippen molar-refractivity contribution in [1.82, 2.24) is 4.98 Å². The number of esters is 1. The molecule has 0 spiro atoms. The molecular formula is C11H12N2O2. The predicted molar refractivity (Wildman–Crippen MR) is 55.8 cm³/mol. The highest BCUT2D eigenvalue weighted by Gasteiger charge is 2.25. The third-order valence-electron chi connectivity index (χ3n) is 2.40. The first-order valence-electron chi connectivity index (χ1n) is 4.87. The first-order valence-corrected chi connectivity index (χ1v) is 4.87. The molecule has 1 unspecified atom stereocenters. The summed E-state index contributed by atoms with van der Waals surface area (Å²) in [5.41, 5.74) is 1.75. The van der Waals surface area contributed by atoms with Crippen LogP contribution in [0, 0.1) is 0 Å². The summed E-state index contributed by atoms with van der Waals surface area (Å²) in [5.74, 6) is -0.263. The minimum atomic E-state index is -0.341. The average Bonchev–Trinajstić information content (AvgIpc) is 2.78. The Bertz CT molecular complexity index is 387. The van der Waals surface area contributed by atoms with Crippen LogP contribution < -0.4 is 0 Å². The van der Waals surface area contributed by atoms with E-state index < -0.39 is 0 Å². The van der Waals surface area contributed by atoms with Crippen LogP contribution in [0.5, 0.6) is 0 Å². The van der Waals surface area contributed by atoms with Gasteiger partial charge in [0.05, 0.1) is 18.5 Å². The lowest BCUT2D eigenvalue weighted by Crippen LogP contribution is -2.16. The number of rotatable bonds is 2. The van der Waals surface area contributed by atoms with Gasteiger partial charge < -0.3 is 4.74 Å². The fraction of sp³-hybridized carbons (Fsp3) is 0.364. The van der Waals surface area contributed by atoms with E-state index in [1.165, 1.54) is 7.11 Å². The largest absolute Gasteiger partial charge is 0.467 e. The second-order valence-corrected chi connectivity index (χ2v) is 3.37. The van der Waals surface area contributed by atoms with Gasteiger partial charge in [0.1, 0.15) is 6.04 Å². The standard InChI is InChI=1S/C11H12N2O2/c1-15-11(14)10-6-5-9(13-10)8-4-2-3-7-12-8/h2-4,7,10H,5-6H2,1H3. The molecule has 0 amide bonds. The Balaban J connectivity index is 2.17. The quantitative estimate of drug-likeness (QED) is 0.680. The highest BCUT2D eigenvalue weighted by Crippen LogP contribution is 2.18. The summed E-state index contributed by atoms with van der Waals surface area (Å²) in [5, 5.41) is 0. The molecule has 0 radical (unpaired) electrons. The number of carbonyl (C=O) groups excluding carboxylic acids is 1. The average molecular weight is 204 g/mol. The minimum absolute atomic E-state index is 0.263. The molecule has 78 valence electrons. The van der Waals surface area contributed by atoms with Crippen LogP contribution in [-0.2, 0) is 9.53 Å². The van der Waals surface area contributed by atoms with Crippen LogP contribution in [0.25, 0.3) is 0 Å². The van der Waals surface area contributed by atoms with E-state index in [1.807, 2.05) is 18.2 Å². The van der Waals surface area contributed by atoms with Crippen molar-refractivity contribution in [2.24, 2.45) is 4.99 Å². The fourth-order valence-electron chi connectivity index (χ4n) is 1.62. The molecule has 0 saturated heterocycles. The third-order valence-corrected chi connectivity index (χ3v) is 2.40. The molecule has 2 rings (SSSR count). The fourth-order valence-corrected chi connectivity index (χ4v) is 1.62. The van der Waals surface area contributed by atoms with Gasteiger partial charge in [0.15, 0.2) is 0 Å². The van der Waals surface area contributed by atoms with Crippen LogP contribution >= 0.6 is 0 Å². The number of hydrogen-bond donors (Lipinski definition) is 0. The Hall–Kier alpha value is -1.71. The van der Waals surface area contributed by atoms with E-state index >= 15 is 0 Å². The zero-order chi connectivity index (χ0) is 10.7. The lowest BCUT2D eigenvalue weighted by atomic mass is 10.1. The van der Waals surface area contributed by atoms with Crippen LogP contribution in [0.15, 0.2) is 29.4 Å². The second kappa shape index (κ2) is 4.21. The Morgan fingerprint density at radius 3 is 3.07 bits per heavy atom. The predicted octanol–water partition coefficient (Wildman–Crippen LogP) is 1.21. The molecule has 0 bridgehead atoms. The molecule has 1 aromatic heterocycles. The topological polar surface area (TPSA) is 51.5 Å². The van der Waals surface area contributed by atoms with E-state index in [-0.39, 0.29) is 12.0 Å². The van der Waals surface area contributed by atoms with Crippen molar-refractivity contribution in [3.05, 3.63) is 30.1 Å². The molecule has 0 N–H and O–H groups in total. The SMILES string of the molecule is COC(=O)C1CCC(c2ccccn2)=N1. The number of carbonyl (C=O) groups is 1. The van der Waals surface area contributed by atoms with Gasteiger partial charge in [-0.3, -0.25) is 9.98 Å². The first-order chi connectivity index (χ1) is 7.31. The number of hydrogen-bond acceptors (Lipinski definition) is 4. The molecule has 1 aliphatic heterocycles. The van der Waals surface area contributed by atoms with Crippen LogP contribution in [0.1, 0.15) is 18.5 Å². The summed E-state index contributed by atoms with van der Waals surface area (Å²) in [6, 6.07) is 5.33. The summed E-state index contributed by atoms with van der Waals surface area (Å²) >= 11 is 0. The van der Waals surface area contributed by atoms with Gasteiger partial charge in [-0.2, -0.15) is 0 Å². The number of aromatic nitrogens is 1. The van der Waals surface area contributed by atoms with E-state index in [2.05, 4.69) is 14.7 Å². The Kier molecular flexibility index (Phi) is 2.76. The normalized spacial score (nSPS) is 19.8. The van der Waals surface area contributed by atoms with Gasteiger partial charge >= 0.3 is 5.97 Å². The molecule has 0 aromatic carbocycles. The number of aliphatic imine (C=N–C) groups is 1. The zero-order valence-corrected chi connectivity index (χ0v) is 8.51. The van der Waals surface area contributed by atoms with Crippen molar-refractivity contribution >= 4 is 11.7 Å². The van der Waals surface area contributed by atoms with Crippen LogP contribution in [0.2, 0.25) is 0 Å². The van der Waals surface area contributed by atoms with Crippen LogP contribution in [-0.4, -0.2) is 29.8 Å². The van der Waals surface area contributed by atoms with E-state index in [0.29, 0.717) is 0 Å². The van der Waals surface area contributed by atoms with Gasteiger partial charge in [-0.05, 0) is 25.0 Å². The maximum atomic E-state index is 11.2. The van der Waals surface area contributed by atoms with Gasteiger partial charge in [0, 0.05) is 6.20 Å². The molecule has 1 atom stereocenters. The number of ether oxygens (including phenoxy) is 1. The lowest BCUT2D eigenvalue weighted by Gasteiger charge is -2.01. The van der Waals surface area contributed by atoms with E-state index in [9.17, 15) is 4.79 Å². The first kappa shape index (κ1) is 9.83. The maximum absolute atomic E-state index is 11.2. The molecule has 15 heavy (non-hydrogen) atoms.